The zero-order valence-corrected chi connectivity index (χ0v) is 14.8. The van der Waals surface area contributed by atoms with Crippen molar-refractivity contribution in [3.63, 3.8) is 0 Å². The number of imidazole rings is 1. The summed E-state index contributed by atoms with van der Waals surface area (Å²) in [7, 11) is 0. The van der Waals surface area contributed by atoms with Gasteiger partial charge in [0.25, 0.3) is 0 Å². The van der Waals surface area contributed by atoms with Crippen LogP contribution >= 0.6 is 34.8 Å². The minimum Gasteiger partial charge on any atom is -0.359 e. The van der Waals surface area contributed by atoms with Crippen LogP contribution < -0.4 is 0 Å². The van der Waals surface area contributed by atoms with Crippen LogP contribution in [0.3, 0.4) is 0 Å². The van der Waals surface area contributed by atoms with Crippen molar-refractivity contribution in [3.8, 4) is 0 Å². The van der Waals surface area contributed by atoms with Crippen molar-refractivity contribution < 1.29 is 4.74 Å². The van der Waals surface area contributed by atoms with Gasteiger partial charge in [0.1, 0.15) is 5.60 Å². The smallest absolute Gasteiger partial charge is 0.137 e. The van der Waals surface area contributed by atoms with Crippen molar-refractivity contribution in [1.29, 1.82) is 0 Å². The molecule has 1 aliphatic heterocycles. The number of fused-ring (bicyclic) bond motifs is 1. The average molecular weight is 380 g/mol. The third kappa shape index (κ3) is 2.62. The zero-order valence-electron chi connectivity index (χ0n) is 12.5. The van der Waals surface area contributed by atoms with Gasteiger partial charge >= 0.3 is 0 Å². The highest BCUT2D eigenvalue weighted by Crippen LogP contribution is 2.46. The Labute approximate surface area is 154 Å². The predicted molar refractivity (Wildman–Crippen MR) is 95.7 cm³/mol. The van der Waals surface area contributed by atoms with E-state index in [1.165, 1.54) is 0 Å². The Morgan fingerprint density at radius 2 is 1.88 bits per heavy atom. The Hall–Kier alpha value is -1.52. The molecule has 0 saturated heterocycles. The lowest BCUT2D eigenvalue weighted by Crippen LogP contribution is -2.32. The molecule has 0 aliphatic carbocycles. The lowest BCUT2D eigenvalue weighted by atomic mass is 9.85. The summed E-state index contributed by atoms with van der Waals surface area (Å²) in [5.74, 6) is 0. The predicted octanol–water partition coefficient (Wildman–Crippen LogP) is 5.32. The Bertz CT molecular complexity index is 878. The van der Waals surface area contributed by atoms with E-state index in [4.69, 9.17) is 39.5 Å². The first kappa shape index (κ1) is 16.0. The maximum atomic E-state index is 6.39. The summed E-state index contributed by atoms with van der Waals surface area (Å²) in [4.78, 5) is 4.13. The molecule has 0 fully saturated rings. The molecular formula is C18H13Cl3N2O. The summed E-state index contributed by atoms with van der Waals surface area (Å²) in [6.07, 6.45) is 5.42. The number of hydrogen-bond donors (Lipinski definition) is 0. The second-order valence-corrected chi connectivity index (χ2v) is 7.05. The van der Waals surface area contributed by atoms with Gasteiger partial charge in [0, 0.05) is 33.0 Å². The van der Waals surface area contributed by atoms with Crippen LogP contribution in [-0.2, 0) is 23.5 Å². The molecule has 0 amide bonds. The molecule has 1 aliphatic rings. The molecule has 6 heteroatoms. The Morgan fingerprint density at radius 3 is 2.58 bits per heavy atom. The van der Waals surface area contributed by atoms with E-state index in [0.717, 1.165) is 16.7 Å². The van der Waals surface area contributed by atoms with Crippen molar-refractivity contribution in [1.82, 2.24) is 9.55 Å². The van der Waals surface area contributed by atoms with Gasteiger partial charge in [-0.15, -0.1) is 0 Å². The molecule has 0 radical (unpaired) electrons. The van der Waals surface area contributed by atoms with Crippen LogP contribution in [-0.4, -0.2) is 9.55 Å². The van der Waals surface area contributed by atoms with Crippen LogP contribution in [0.15, 0.2) is 55.1 Å². The Balaban J connectivity index is 1.92. The summed E-state index contributed by atoms with van der Waals surface area (Å²) in [5, 5.41) is 1.89. The number of ether oxygens (including phenoxy) is 1. The first-order valence-electron chi connectivity index (χ1n) is 7.43. The molecule has 0 saturated carbocycles. The number of halogens is 3. The van der Waals surface area contributed by atoms with Crippen molar-refractivity contribution in [2.45, 2.75) is 18.8 Å². The third-order valence-corrected chi connectivity index (χ3v) is 5.14. The maximum absolute atomic E-state index is 6.39. The van der Waals surface area contributed by atoms with Crippen molar-refractivity contribution in [2.24, 2.45) is 0 Å². The number of nitrogens with zero attached hydrogens (tertiary/aromatic N) is 2. The van der Waals surface area contributed by atoms with Gasteiger partial charge in [-0.05, 0) is 35.4 Å². The lowest BCUT2D eigenvalue weighted by molar-refractivity contribution is -0.0180. The molecule has 4 rings (SSSR count). The SMILES string of the molecule is Clc1ccc(C2(Cn3ccnc3)OCc3c(Cl)cc(Cl)cc32)cc1. The molecule has 3 aromatic rings. The standard InChI is InChI=1S/C18H13Cl3N2O/c19-13-3-1-12(2-4-13)18(10-23-6-5-22-11-23)16-7-14(20)8-17(21)15(16)9-24-18/h1-8,11H,9-10H2. The molecule has 24 heavy (non-hydrogen) atoms. The number of hydrogen-bond acceptors (Lipinski definition) is 2. The molecule has 1 atom stereocenters. The quantitative estimate of drug-likeness (QED) is 0.616. The second kappa shape index (κ2) is 6.08. The van der Waals surface area contributed by atoms with Crippen LogP contribution in [0.4, 0.5) is 0 Å². The van der Waals surface area contributed by atoms with Crippen LogP contribution in [0.5, 0.6) is 0 Å². The van der Waals surface area contributed by atoms with Crippen LogP contribution in [0.1, 0.15) is 16.7 Å². The summed E-state index contributed by atoms with van der Waals surface area (Å²) in [6, 6.07) is 11.4. The highest BCUT2D eigenvalue weighted by Gasteiger charge is 2.43. The fourth-order valence-electron chi connectivity index (χ4n) is 3.20. The zero-order chi connectivity index (χ0) is 16.7. The van der Waals surface area contributed by atoms with E-state index >= 15 is 0 Å². The Kier molecular flexibility index (Phi) is 4.05. The molecule has 122 valence electrons. The summed E-state index contributed by atoms with van der Waals surface area (Å²) < 4.78 is 8.30. The summed E-state index contributed by atoms with van der Waals surface area (Å²) >= 11 is 18.7. The number of benzene rings is 2. The van der Waals surface area contributed by atoms with Crippen molar-refractivity contribution >= 4 is 34.8 Å². The number of rotatable bonds is 3. The normalized spacial score (nSPS) is 19.5. The Morgan fingerprint density at radius 1 is 1.08 bits per heavy atom. The van der Waals surface area contributed by atoms with Gasteiger partial charge in [-0.2, -0.15) is 0 Å². The van der Waals surface area contributed by atoms with Gasteiger partial charge < -0.3 is 9.30 Å². The molecule has 1 unspecified atom stereocenters. The van der Waals surface area contributed by atoms with Gasteiger partial charge in [0.15, 0.2) is 0 Å². The van der Waals surface area contributed by atoms with Crippen LogP contribution in [0.2, 0.25) is 15.1 Å². The van der Waals surface area contributed by atoms with Crippen molar-refractivity contribution in [2.75, 3.05) is 0 Å². The fraction of sp³-hybridized carbons (Fsp3) is 0.167. The largest absolute Gasteiger partial charge is 0.359 e. The van der Waals surface area contributed by atoms with E-state index in [1.54, 1.807) is 18.6 Å². The summed E-state index contributed by atoms with van der Waals surface area (Å²) in [6.45, 7) is 1.00. The molecule has 3 nitrogen and oxygen atoms in total. The van der Waals surface area contributed by atoms with E-state index in [2.05, 4.69) is 4.98 Å². The minimum atomic E-state index is -0.685. The third-order valence-electron chi connectivity index (χ3n) is 4.33. The lowest BCUT2D eigenvalue weighted by Gasteiger charge is -2.31. The molecule has 0 bridgehead atoms. The van der Waals surface area contributed by atoms with Gasteiger partial charge in [0.05, 0.1) is 19.5 Å². The second-order valence-electron chi connectivity index (χ2n) is 5.77. The monoisotopic (exact) mass is 378 g/mol. The molecule has 0 spiro atoms. The summed E-state index contributed by atoms with van der Waals surface area (Å²) in [5.41, 5.74) is 2.26. The van der Waals surface area contributed by atoms with Crippen LogP contribution in [0, 0.1) is 0 Å². The van der Waals surface area contributed by atoms with Gasteiger partial charge in [0.2, 0.25) is 0 Å². The van der Waals surface area contributed by atoms with E-state index in [9.17, 15) is 0 Å². The highest BCUT2D eigenvalue weighted by molar-refractivity contribution is 6.35. The maximum Gasteiger partial charge on any atom is 0.137 e. The average Bonchev–Trinajstić information content (AvgIpc) is 3.18. The molecular weight excluding hydrogens is 367 g/mol. The van der Waals surface area contributed by atoms with E-state index in [-0.39, 0.29) is 0 Å². The molecule has 2 heterocycles. The van der Waals surface area contributed by atoms with E-state index in [0.29, 0.717) is 28.2 Å². The first-order chi connectivity index (χ1) is 11.6. The molecule has 0 N–H and O–H groups in total. The van der Waals surface area contributed by atoms with Gasteiger partial charge in [-0.1, -0.05) is 46.9 Å². The van der Waals surface area contributed by atoms with E-state index < -0.39 is 5.60 Å². The number of aromatic nitrogens is 2. The topological polar surface area (TPSA) is 27.1 Å². The molecule has 2 aromatic carbocycles. The molecule has 1 aromatic heterocycles. The minimum absolute atomic E-state index is 0.433. The van der Waals surface area contributed by atoms with E-state index in [1.807, 2.05) is 41.1 Å². The fourth-order valence-corrected chi connectivity index (χ4v) is 3.88. The van der Waals surface area contributed by atoms with Gasteiger partial charge in [-0.25, -0.2) is 4.98 Å². The highest BCUT2D eigenvalue weighted by atomic mass is 35.5. The van der Waals surface area contributed by atoms with Gasteiger partial charge in [-0.3, -0.25) is 0 Å². The first-order valence-corrected chi connectivity index (χ1v) is 8.56. The van der Waals surface area contributed by atoms with Crippen molar-refractivity contribution in [3.05, 3.63) is 86.9 Å². The van der Waals surface area contributed by atoms with Crippen LogP contribution in [0.25, 0.3) is 0 Å².